The lowest BCUT2D eigenvalue weighted by Gasteiger charge is -2.20. The van der Waals surface area contributed by atoms with E-state index in [1.54, 1.807) is 56.4 Å². The molecule has 0 aliphatic heterocycles. The SMILES string of the molecule is CC(CC(=O)N(C)CCOc1ccccc1F)NC(=O)c1ccccc1. The second-order valence-corrected chi connectivity index (χ2v) is 6.04. The Labute approximate surface area is 152 Å². The van der Waals surface area contributed by atoms with Crippen molar-refractivity contribution in [3.63, 3.8) is 0 Å². The molecule has 2 rings (SSSR count). The molecule has 1 unspecified atom stereocenters. The molecule has 0 aliphatic carbocycles. The standard InChI is InChI=1S/C20H23FN2O3/c1-15(22-20(25)16-8-4-3-5-9-16)14-19(24)23(2)12-13-26-18-11-7-6-10-17(18)21/h3-11,15H,12-14H2,1-2H3,(H,22,25). The zero-order chi connectivity index (χ0) is 18.9. The minimum absolute atomic E-state index is 0.122. The third-order valence-electron chi connectivity index (χ3n) is 3.84. The van der Waals surface area contributed by atoms with E-state index in [0.717, 1.165) is 0 Å². The number of carbonyl (C=O) groups excluding carboxylic acids is 2. The maximum absolute atomic E-state index is 13.5. The summed E-state index contributed by atoms with van der Waals surface area (Å²) in [6, 6.07) is 14.7. The van der Waals surface area contributed by atoms with E-state index in [-0.39, 0.29) is 36.6 Å². The number of halogens is 1. The molecule has 0 heterocycles. The molecule has 2 aromatic rings. The number of hydrogen-bond acceptors (Lipinski definition) is 3. The van der Waals surface area contributed by atoms with Crippen LogP contribution in [0.2, 0.25) is 0 Å². The van der Waals surface area contributed by atoms with Crippen molar-refractivity contribution >= 4 is 11.8 Å². The van der Waals surface area contributed by atoms with Gasteiger partial charge in [0, 0.05) is 25.1 Å². The number of para-hydroxylation sites is 1. The lowest BCUT2D eigenvalue weighted by atomic mass is 10.1. The second-order valence-electron chi connectivity index (χ2n) is 6.04. The molecule has 0 bridgehead atoms. The maximum atomic E-state index is 13.5. The Kier molecular flexibility index (Phi) is 7.14. The van der Waals surface area contributed by atoms with Crippen molar-refractivity contribution in [2.75, 3.05) is 20.2 Å². The topological polar surface area (TPSA) is 58.6 Å². The highest BCUT2D eigenvalue weighted by Gasteiger charge is 2.16. The summed E-state index contributed by atoms with van der Waals surface area (Å²) in [5.74, 6) is -0.602. The zero-order valence-electron chi connectivity index (χ0n) is 14.9. The molecule has 5 nitrogen and oxygen atoms in total. The number of ether oxygens (including phenoxy) is 1. The fourth-order valence-corrected chi connectivity index (χ4v) is 2.34. The lowest BCUT2D eigenvalue weighted by Crippen LogP contribution is -2.39. The quantitative estimate of drug-likeness (QED) is 0.789. The van der Waals surface area contributed by atoms with Gasteiger partial charge >= 0.3 is 0 Å². The van der Waals surface area contributed by atoms with E-state index in [4.69, 9.17) is 4.74 Å². The molecule has 138 valence electrons. The van der Waals surface area contributed by atoms with Gasteiger partial charge in [-0.05, 0) is 31.2 Å². The predicted molar refractivity (Wildman–Crippen MR) is 97.5 cm³/mol. The van der Waals surface area contributed by atoms with E-state index in [1.807, 2.05) is 6.07 Å². The van der Waals surface area contributed by atoms with E-state index in [2.05, 4.69) is 5.32 Å². The molecular formula is C20H23FN2O3. The highest BCUT2D eigenvalue weighted by Crippen LogP contribution is 2.15. The van der Waals surface area contributed by atoms with Crippen LogP contribution in [0.15, 0.2) is 54.6 Å². The van der Waals surface area contributed by atoms with Crippen molar-refractivity contribution in [1.29, 1.82) is 0 Å². The molecule has 1 atom stereocenters. The molecule has 0 spiro atoms. The van der Waals surface area contributed by atoms with Crippen molar-refractivity contribution in [1.82, 2.24) is 10.2 Å². The van der Waals surface area contributed by atoms with Crippen LogP contribution in [0, 0.1) is 5.82 Å². The number of likely N-dealkylation sites (N-methyl/N-ethyl adjacent to an activating group) is 1. The van der Waals surface area contributed by atoms with E-state index >= 15 is 0 Å². The van der Waals surface area contributed by atoms with E-state index in [9.17, 15) is 14.0 Å². The van der Waals surface area contributed by atoms with Crippen LogP contribution >= 0.6 is 0 Å². The number of nitrogens with one attached hydrogen (secondary N) is 1. The number of nitrogens with zero attached hydrogens (tertiary/aromatic N) is 1. The number of rotatable bonds is 8. The molecule has 2 aromatic carbocycles. The van der Waals surface area contributed by atoms with Gasteiger partial charge in [0.1, 0.15) is 6.61 Å². The zero-order valence-corrected chi connectivity index (χ0v) is 14.9. The molecule has 0 saturated carbocycles. The summed E-state index contributed by atoms with van der Waals surface area (Å²) in [6.45, 7) is 2.29. The van der Waals surface area contributed by atoms with Crippen molar-refractivity contribution in [2.24, 2.45) is 0 Å². The van der Waals surface area contributed by atoms with Gasteiger partial charge in [0.2, 0.25) is 5.91 Å². The molecule has 0 saturated heterocycles. The summed E-state index contributed by atoms with van der Waals surface area (Å²) in [5.41, 5.74) is 0.554. The highest BCUT2D eigenvalue weighted by molar-refractivity contribution is 5.94. The minimum Gasteiger partial charge on any atom is -0.489 e. The number of carbonyl (C=O) groups is 2. The Morgan fingerprint density at radius 3 is 2.46 bits per heavy atom. The van der Waals surface area contributed by atoms with Crippen LogP contribution in [-0.2, 0) is 4.79 Å². The average Bonchev–Trinajstić information content (AvgIpc) is 2.63. The van der Waals surface area contributed by atoms with E-state index < -0.39 is 5.82 Å². The average molecular weight is 358 g/mol. The summed E-state index contributed by atoms with van der Waals surface area (Å²) in [6.07, 6.45) is 0.175. The first-order valence-corrected chi connectivity index (χ1v) is 8.44. The van der Waals surface area contributed by atoms with Gasteiger partial charge in [-0.15, -0.1) is 0 Å². The smallest absolute Gasteiger partial charge is 0.251 e. The van der Waals surface area contributed by atoms with Crippen LogP contribution in [0.4, 0.5) is 4.39 Å². The Balaban J connectivity index is 1.74. The third-order valence-corrected chi connectivity index (χ3v) is 3.84. The third kappa shape index (κ3) is 5.88. The van der Waals surface area contributed by atoms with Crippen molar-refractivity contribution < 1.29 is 18.7 Å². The molecule has 26 heavy (non-hydrogen) atoms. The molecule has 1 N–H and O–H groups in total. The molecule has 6 heteroatoms. The van der Waals surface area contributed by atoms with Crippen LogP contribution in [0.5, 0.6) is 5.75 Å². The molecule has 0 aliphatic rings. The Bertz CT molecular complexity index is 737. The van der Waals surface area contributed by atoms with Crippen LogP contribution in [0.25, 0.3) is 0 Å². The normalized spacial score (nSPS) is 11.5. The lowest BCUT2D eigenvalue weighted by molar-refractivity contribution is -0.130. The summed E-state index contributed by atoms with van der Waals surface area (Å²) >= 11 is 0. The number of amides is 2. The summed E-state index contributed by atoms with van der Waals surface area (Å²) in [5, 5.41) is 2.80. The summed E-state index contributed by atoms with van der Waals surface area (Å²) < 4.78 is 18.8. The van der Waals surface area contributed by atoms with E-state index in [1.165, 1.54) is 11.0 Å². The van der Waals surface area contributed by atoms with Gasteiger partial charge in [0.25, 0.3) is 5.91 Å². The second kappa shape index (κ2) is 9.56. The monoisotopic (exact) mass is 358 g/mol. The Morgan fingerprint density at radius 1 is 1.12 bits per heavy atom. The van der Waals surface area contributed by atoms with Crippen molar-refractivity contribution in [2.45, 2.75) is 19.4 Å². The fourth-order valence-electron chi connectivity index (χ4n) is 2.34. The Morgan fingerprint density at radius 2 is 1.77 bits per heavy atom. The number of hydrogen-bond donors (Lipinski definition) is 1. The molecule has 0 fully saturated rings. The van der Waals surface area contributed by atoms with Gasteiger partial charge in [0.05, 0.1) is 6.54 Å². The van der Waals surface area contributed by atoms with Gasteiger partial charge in [-0.25, -0.2) is 4.39 Å². The van der Waals surface area contributed by atoms with Crippen LogP contribution in [0.1, 0.15) is 23.7 Å². The van der Waals surface area contributed by atoms with Crippen molar-refractivity contribution in [3.8, 4) is 5.75 Å². The first kappa shape index (κ1) is 19.4. The van der Waals surface area contributed by atoms with Gasteiger partial charge in [-0.1, -0.05) is 30.3 Å². The summed E-state index contributed by atoms with van der Waals surface area (Å²) in [7, 11) is 1.65. The highest BCUT2D eigenvalue weighted by atomic mass is 19.1. The Hall–Kier alpha value is -2.89. The number of benzene rings is 2. The maximum Gasteiger partial charge on any atom is 0.251 e. The van der Waals surface area contributed by atoms with Gasteiger partial charge < -0.3 is 15.0 Å². The van der Waals surface area contributed by atoms with Crippen LogP contribution in [0.3, 0.4) is 0 Å². The fraction of sp³-hybridized carbons (Fsp3) is 0.300. The van der Waals surface area contributed by atoms with E-state index in [0.29, 0.717) is 12.1 Å². The molecular weight excluding hydrogens is 335 g/mol. The first-order valence-electron chi connectivity index (χ1n) is 8.44. The predicted octanol–water partition coefficient (Wildman–Crippen LogP) is 2.87. The molecule has 2 amide bonds. The van der Waals surface area contributed by atoms with Crippen molar-refractivity contribution in [3.05, 3.63) is 66.0 Å². The van der Waals surface area contributed by atoms with Gasteiger partial charge in [0.15, 0.2) is 11.6 Å². The van der Waals surface area contributed by atoms with Gasteiger partial charge in [-0.2, -0.15) is 0 Å². The first-order chi connectivity index (χ1) is 12.5. The molecule has 0 radical (unpaired) electrons. The largest absolute Gasteiger partial charge is 0.489 e. The summed E-state index contributed by atoms with van der Waals surface area (Å²) in [4.78, 5) is 25.8. The minimum atomic E-state index is -0.432. The van der Waals surface area contributed by atoms with Crippen LogP contribution in [-0.4, -0.2) is 43.0 Å². The van der Waals surface area contributed by atoms with Crippen LogP contribution < -0.4 is 10.1 Å². The molecule has 0 aromatic heterocycles. The van der Waals surface area contributed by atoms with Gasteiger partial charge in [-0.3, -0.25) is 9.59 Å².